The van der Waals surface area contributed by atoms with Crippen LogP contribution >= 0.6 is 11.6 Å². The van der Waals surface area contributed by atoms with Gasteiger partial charge in [0.25, 0.3) is 5.91 Å². The molecule has 2 atom stereocenters. The molecule has 0 radical (unpaired) electrons. The fourth-order valence-corrected chi connectivity index (χ4v) is 2.78. The second-order valence-electron chi connectivity index (χ2n) is 4.79. The van der Waals surface area contributed by atoms with E-state index < -0.39 is 5.82 Å². The highest BCUT2D eigenvalue weighted by Gasteiger charge is 2.36. The third-order valence-corrected chi connectivity index (χ3v) is 3.72. The van der Waals surface area contributed by atoms with Crippen LogP contribution in [0.15, 0.2) is 18.2 Å². The minimum Gasteiger partial charge on any atom is -0.371 e. The number of benzene rings is 1. The van der Waals surface area contributed by atoms with Crippen molar-refractivity contribution in [3.63, 3.8) is 0 Å². The largest absolute Gasteiger partial charge is 0.371 e. The van der Waals surface area contributed by atoms with E-state index in [2.05, 4.69) is 0 Å². The average Bonchev–Trinajstić information content (AvgIpc) is 2.70. The highest BCUT2D eigenvalue weighted by Crippen LogP contribution is 2.27. The number of carbonyl (C=O) groups excluding carboxylic acids is 1. The molecule has 1 aromatic rings. The van der Waals surface area contributed by atoms with E-state index in [1.807, 2.05) is 0 Å². The van der Waals surface area contributed by atoms with Crippen molar-refractivity contribution < 1.29 is 13.9 Å². The third-order valence-electron chi connectivity index (χ3n) is 3.49. The van der Waals surface area contributed by atoms with Gasteiger partial charge in [-0.05, 0) is 31.0 Å². The molecule has 2 bridgehead atoms. The summed E-state index contributed by atoms with van der Waals surface area (Å²) < 4.78 is 19.3. The molecular weight excluding hydrogens is 257 g/mol. The number of fused-ring (bicyclic) bond motifs is 2. The first-order valence-corrected chi connectivity index (χ1v) is 6.41. The van der Waals surface area contributed by atoms with Crippen molar-refractivity contribution >= 4 is 17.5 Å². The molecule has 0 spiro atoms. The molecule has 0 N–H and O–H groups in total. The van der Waals surface area contributed by atoms with Crippen LogP contribution < -0.4 is 0 Å². The SMILES string of the molecule is O=C(c1cc(Cl)ccc1F)N1CC2CCC(C1)O2. The summed E-state index contributed by atoms with van der Waals surface area (Å²) in [6.45, 7) is 1.09. The van der Waals surface area contributed by atoms with Gasteiger partial charge in [0, 0.05) is 18.1 Å². The molecule has 0 aliphatic carbocycles. The standard InChI is InChI=1S/C13H13ClFNO2/c14-8-1-4-12(15)11(5-8)13(17)16-6-9-2-3-10(7-16)18-9/h1,4-5,9-10H,2-3,6-7H2. The van der Waals surface area contributed by atoms with Crippen molar-refractivity contribution in [1.29, 1.82) is 0 Å². The first-order valence-electron chi connectivity index (χ1n) is 6.03. The molecule has 2 saturated heterocycles. The minimum atomic E-state index is -0.525. The molecule has 96 valence electrons. The summed E-state index contributed by atoms with van der Waals surface area (Å²) in [5, 5.41) is 0.371. The lowest BCUT2D eigenvalue weighted by atomic mass is 10.1. The highest BCUT2D eigenvalue weighted by molar-refractivity contribution is 6.31. The Bertz CT molecular complexity index is 482. The molecule has 5 heteroatoms. The fraction of sp³-hybridized carbons (Fsp3) is 0.462. The van der Waals surface area contributed by atoms with Crippen LogP contribution in [-0.2, 0) is 4.74 Å². The number of likely N-dealkylation sites (tertiary alicyclic amines) is 1. The second-order valence-corrected chi connectivity index (χ2v) is 5.23. The number of hydrogen-bond donors (Lipinski definition) is 0. The smallest absolute Gasteiger partial charge is 0.257 e. The number of ether oxygens (including phenoxy) is 1. The number of morpholine rings is 1. The van der Waals surface area contributed by atoms with E-state index >= 15 is 0 Å². The Morgan fingerprint density at radius 3 is 2.67 bits per heavy atom. The van der Waals surface area contributed by atoms with Gasteiger partial charge in [-0.1, -0.05) is 11.6 Å². The van der Waals surface area contributed by atoms with E-state index in [4.69, 9.17) is 16.3 Å². The summed E-state index contributed by atoms with van der Waals surface area (Å²) in [6, 6.07) is 4.05. The minimum absolute atomic E-state index is 0.0452. The lowest BCUT2D eigenvalue weighted by Gasteiger charge is -2.32. The maximum atomic E-state index is 13.6. The number of carbonyl (C=O) groups is 1. The van der Waals surface area contributed by atoms with Gasteiger partial charge in [0.05, 0.1) is 17.8 Å². The maximum Gasteiger partial charge on any atom is 0.257 e. The summed E-state index contributed by atoms with van der Waals surface area (Å²) in [6.07, 6.45) is 2.17. The van der Waals surface area contributed by atoms with Gasteiger partial charge < -0.3 is 9.64 Å². The summed E-state index contributed by atoms with van der Waals surface area (Å²) in [5.41, 5.74) is 0.0452. The number of rotatable bonds is 1. The molecule has 3 rings (SSSR count). The summed E-state index contributed by atoms with van der Waals surface area (Å²) in [5.74, 6) is -0.821. The maximum absolute atomic E-state index is 13.6. The van der Waals surface area contributed by atoms with Gasteiger partial charge in [-0.2, -0.15) is 0 Å². The normalized spacial score (nSPS) is 26.4. The molecule has 2 fully saturated rings. The number of amides is 1. The highest BCUT2D eigenvalue weighted by atomic mass is 35.5. The molecular formula is C13H13ClFNO2. The zero-order valence-corrected chi connectivity index (χ0v) is 10.5. The van der Waals surface area contributed by atoms with Crippen molar-refractivity contribution in [3.05, 3.63) is 34.6 Å². The zero-order valence-electron chi connectivity index (χ0n) is 9.73. The lowest BCUT2D eigenvalue weighted by molar-refractivity contribution is -0.0304. The van der Waals surface area contributed by atoms with Gasteiger partial charge in [0.15, 0.2) is 0 Å². The Labute approximate surface area is 109 Å². The number of halogens is 2. The Kier molecular flexibility index (Phi) is 2.99. The average molecular weight is 270 g/mol. The molecule has 18 heavy (non-hydrogen) atoms. The molecule has 2 unspecified atom stereocenters. The van der Waals surface area contributed by atoms with Crippen molar-refractivity contribution in [3.8, 4) is 0 Å². The quantitative estimate of drug-likeness (QED) is 0.784. The number of hydrogen-bond acceptors (Lipinski definition) is 2. The van der Waals surface area contributed by atoms with Crippen LogP contribution in [0.4, 0.5) is 4.39 Å². The molecule has 2 aliphatic rings. The monoisotopic (exact) mass is 269 g/mol. The zero-order chi connectivity index (χ0) is 12.7. The predicted molar refractivity (Wildman–Crippen MR) is 65.2 cm³/mol. The summed E-state index contributed by atoms with van der Waals surface area (Å²) in [7, 11) is 0. The van der Waals surface area contributed by atoms with Crippen molar-refractivity contribution in [2.45, 2.75) is 25.0 Å². The van der Waals surface area contributed by atoms with E-state index in [0.717, 1.165) is 12.8 Å². The molecule has 0 aromatic heterocycles. The Morgan fingerprint density at radius 1 is 1.33 bits per heavy atom. The predicted octanol–water partition coefficient (Wildman–Crippen LogP) is 2.48. The van der Waals surface area contributed by atoms with E-state index in [9.17, 15) is 9.18 Å². The van der Waals surface area contributed by atoms with Crippen molar-refractivity contribution in [1.82, 2.24) is 4.90 Å². The van der Waals surface area contributed by atoms with Crippen LogP contribution in [0.1, 0.15) is 23.2 Å². The van der Waals surface area contributed by atoms with E-state index in [-0.39, 0.29) is 23.7 Å². The molecule has 3 nitrogen and oxygen atoms in total. The Balaban J connectivity index is 1.84. The van der Waals surface area contributed by atoms with Crippen LogP contribution in [0.2, 0.25) is 5.02 Å². The van der Waals surface area contributed by atoms with Gasteiger partial charge in [-0.3, -0.25) is 4.79 Å². The molecule has 1 amide bonds. The van der Waals surface area contributed by atoms with Gasteiger partial charge in [-0.25, -0.2) is 4.39 Å². The third kappa shape index (κ3) is 2.10. The van der Waals surface area contributed by atoms with E-state index in [0.29, 0.717) is 18.1 Å². The second kappa shape index (κ2) is 4.52. The molecule has 2 heterocycles. The first kappa shape index (κ1) is 11.9. The number of nitrogens with zero attached hydrogens (tertiary/aromatic N) is 1. The van der Waals surface area contributed by atoms with Gasteiger partial charge in [0.1, 0.15) is 5.82 Å². The van der Waals surface area contributed by atoms with Crippen LogP contribution in [0.5, 0.6) is 0 Å². The molecule has 1 aromatic carbocycles. The summed E-state index contributed by atoms with van der Waals surface area (Å²) >= 11 is 5.81. The Morgan fingerprint density at radius 2 is 2.00 bits per heavy atom. The van der Waals surface area contributed by atoms with Crippen LogP contribution in [0.3, 0.4) is 0 Å². The molecule has 2 aliphatic heterocycles. The van der Waals surface area contributed by atoms with E-state index in [1.165, 1.54) is 18.2 Å². The lowest BCUT2D eigenvalue weighted by Crippen LogP contribution is -2.46. The first-order chi connectivity index (χ1) is 8.63. The van der Waals surface area contributed by atoms with Gasteiger partial charge in [-0.15, -0.1) is 0 Å². The topological polar surface area (TPSA) is 29.5 Å². The van der Waals surface area contributed by atoms with Crippen molar-refractivity contribution in [2.75, 3.05) is 13.1 Å². The van der Waals surface area contributed by atoms with E-state index in [1.54, 1.807) is 4.90 Å². The van der Waals surface area contributed by atoms with Crippen LogP contribution in [0.25, 0.3) is 0 Å². The van der Waals surface area contributed by atoms with Gasteiger partial charge >= 0.3 is 0 Å². The summed E-state index contributed by atoms with van der Waals surface area (Å²) in [4.78, 5) is 13.9. The Hall–Kier alpha value is -1.13. The van der Waals surface area contributed by atoms with Crippen molar-refractivity contribution in [2.24, 2.45) is 0 Å². The van der Waals surface area contributed by atoms with Gasteiger partial charge in [0.2, 0.25) is 0 Å². The van der Waals surface area contributed by atoms with Crippen LogP contribution in [0, 0.1) is 5.82 Å². The molecule has 0 saturated carbocycles. The van der Waals surface area contributed by atoms with Crippen LogP contribution in [-0.4, -0.2) is 36.1 Å². The fourth-order valence-electron chi connectivity index (χ4n) is 2.61.